The molecule has 0 saturated heterocycles. The van der Waals surface area contributed by atoms with Crippen LogP contribution in [-0.2, 0) is 14.6 Å². The number of halogens is 1. The molecule has 2 aromatic rings. The molecule has 36 heavy (non-hydrogen) atoms. The van der Waals surface area contributed by atoms with Crippen molar-refractivity contribution in [2.24, 2.45) is 10.1 Å². The number of amidine groups is 2. The Morgan fingerprint density at radius 2 is 2.03 bits per heavy atom. The molecule has 4 rings (SSSR count). The van der Waals surface area contributed by atoms with E-state index in [9.17, 15) is 18.0 Å². The lowest BCUT2D eigenvalue weighted by Crippen LogP contribution is -2.35. The standard InChI is InChI=1S/C23H19ClN4O6S2/c1-4-33-17-11-13(10-16(24)18(17)34-21(30)14-7-5-6-12(2)8-14)9-15-19(25)28-22(26-20(15)29)35-23(27-28)36(3,31)32/h5-11,25H,4H2,1-3H3/b15-9+,25-19?. The van der Waals surface area contributed by atoms with Gasteiger partial charge < -0.3 is 9.47 Å². The molecule has 0 bridgehead atoms. The summed E-state index contributed by atoms with van der Waals surface area (Å²) in [5, 5.41) is 13.3. The van der Waals surface area contributed by atoms with E-state index in [1.54, 1.807) is 25.1 Å². The molecule has 10 nitrogen and oxygen atoms in total. The van der Waals surface area contributed by atoms with Gasteiger partial charge in [0.2, 0.25) is 19.4 Å². The van der Waals surface area contributed by atoms with Crippen molar-refractivity contribution >= 4 is 66.5 Å². The largest absolute Gasteiger partial charge is 0.490 e. The van der Waals surface area contributed by atoms with Gasteiger partial charge in [0.25, 0.3) is 5.91 Å². The fraction of sp³-hybridized carbons (Fsp3) is 0.174. The van der Waals surface area contributed by atoms with E-state index in [0.717, 1.165) is 16.8 Å². The van der Waals surface area contributed by atoms with Gasteiger partial charge in [-0.2, -0.15) is 10.0 Å². The normalized spacial score (nSPS) is 16.6. The Kier molecular flexibility index (Phi) is 7.03. The molecule has 1 N–H and O–H groups in total. The lowest BCUT2D eigenvalue weighted by atomic mass is 10.1. The van der Waals surface area contributed by atoms with E-state index in [4.69, 9.17) is 26.5 Å². The number of amides is 1. The summed E-state index contributed by atoms with van der Waals surface area (Å²) in [5.74, 6) is -1.54. The Morgan fingerprint density at radius 3 is 2.69 bits per heavy atom. The number of rotatable bonds is 5. The number of aryl methyl sites for hydroxylation is 1. The molecule has 186 valence electrons. The highest BCUT2D eigenvalue weighted by atomic mass is 35.5. The van der Waals surface area contributed by atoms with Crippen molar-refractivity contribution in [3.05, 3.63) is 63.7 Å². The third-order valence-electron chi connectivity index (χ3n) is 4.84. The Morgan fingerprint density at radius 1 is 1.28 bits per heavy atom. The third kappa shape index (κ3) is 5.20. The highest BCUT2D eigenvalue weighted by molar-refractivity contribution is 8.42. The van der Waals surface area contributed by atoms with E-state index in [1.165, 1.54) is 18.2 Å². The van der Waals surface area contributed by atoms with Crippen LogP contribution in [0, 0.1) is 12.3 Å². The number of esters is 1. The summed E-state index contributed by atoms with van der Waals surface area (Å²) in [6.45, 7) is 3.83. The lowest BCUT2D eigenvalue weighted by Gasteiger charge is -2.20. The van der Waals surface area contributed by atoms with E-state index >= 15 is 0 Å². The van der Waals surface area contributed by atoms with Gasteiger partial charge in [-0.3, -0.25) is 10.2 Å². The molecule has 0 atom stereocenters. The predicted molar refractivity (Wildman–Crippen MR) is 139 cm³/mol. The van der Waals surface area contributed by atoms with Gasteiger partial charge in [-0.15, -0.1) is 5.10 Å². The van der Waals surface area contributed by atoms with Gasteiger partial charge in [0.05, 0.1) is 22.8 Å². The van der Waals surface area contributed by atoms with E-state index in [2.05, 4.69) is 10.1 Å². The zero-order valence-electron chi connectivity index (χ0n) is 19.2. The number of ether oxygens (including phenoxy) is 2. The molecule has 0 spiro atoms. The molecule has 2 aliphatic heterocycles. The first kappa shape index (κ1) is 25.6. The van der Waals surface area contributed by atoms with E-state index in [-0.39, 0.29) is 44.1 Å². The van der Waals surface area contributed by atoms with E-state index in [1.807, 2.05) is 13.0 Å². The van der Waals surface area contributed by atoms with Crippen molar-refractivity contribution in [3.8, 4) is 11.5 Å². The molecule has 1 amide bonds. The summed E-state index contributed by atoms with van der Waals surface area (Å²) >= 11 is 7.12. The Labute approximate surface area is 216 Å². The van der Waals surface area contributed by atoms with Gasteiger partial charge >= 0.3 is 5.97 Å². The van der Waals surface area contributed by atoms with Gasteiger partial charge in [0.15, 0.2) is 17.3 Å². The summed E-state index contributed by atoms with van der Waals surface area (Å²) in [5.41, 5.74) is 1.45. The van der Waals surface area contributed by atoms with Crippen LogP contribution >= 0.6 is 23.4 Å². The number of benzene rings is 2. The van der Waals surface area contributed by atoms with Gasteiger partial charge in [0.1, 0.15) is 0 Å². The van der Waals surface area contributed by atoms with Crippen molar-refractivity contribution in [3.63, 3.8) is 0 Å². The van der Waals surface area contributed by atoms with Crippen LogP contribution in [0.3, 0.4) is 0 Å². The maximum absolute atomic E-state index is 12.7. The summed E-state index contributed by atoms with van der Waals surface area (Å²) in [6, 6.07) is 9.83. The molecule has 2 aliphatic rings. The Balaban J connectivity index is 1.68. The van der Waals surface area contributed by atoms with Crippen LogP contribution < -0.4 is 9.47 Å². The number of nitrogens with one attached hydrogen (secondary N) is 1. The summed E-state index contributed by atoms with van der Waals surface area (Å²) in [6.07, 6.45) is 2.33. The van der Waals surface area contributed by atoms with Crippen LogP contribution in [0.25, 0.3) is 6.08 Å². The fourth-order valence-corrected chi connectivity index (χ4v) is 5.19. The maximum Gasteiger partial charge on any atom is 0.343 e. The Hall–Kier alpha value is -3.48. The van der Waals surface area contributed by atoms with Crippen LogP contribution in [0.1, 0.15) is 28.4 Å². The molecule has 0 radical (unpaired) electrons. The minimum absolute atomic E-state index is 0.0101. The van der Waals surface area contributed by atoms with Crippen LogP contribution in [-0.4, -0.2) is 53.5 Å². The van der Waals surface area contributed by atoms with E-state index < -0.39 is 21.7 Å². The number of hydrogen-bond donors (Lipinski definition) is 1. The van der Waals surface area contributed by atoms with Crippen molar-refractivity contribution < 1.29 is 27.5 Å². The van der Waals surface area contributed by atoms with Gasteiger partial charge in [-0.1, -0.05) is 29.3 Å². The molecule has 13 heteroatoms. The second-order valence-electron chi connectivity index (χ2n) is 7.68. The minimum atomic E-state index is -3.65. The Bertz CT molecular complexity index is 1510. The number of hydrogen-bond acceptors (Lipinski definition) is 9. The van der Waals surface area contributed by atoms with Crippen LogP contribution in [0.15, 0.2) is 52.1 Å². The summed E-state index contributed by atoms with van der Waals surface area (Å²) < 4.78 is 34.5. The zero-order valence-corrected chi connectivity index (χ0v) is 21.6. The molecule has 0 unspecified atom stereocenters. The van der Waals surface area contributed by atoms with Gasteiger partial charge in [-0.05, 0) is 61.5 Å². The van der Waals surface area contributed by atoms with Gasteiger partial charge in [0, 0.05) is 6.26 Å². The average molecular weight is 547 g/mol. The topological polar surface area (TPSA) is 139 Å². The predicted octanol–water partition coefficient (Wildman–Crippen LogP) is 3.89. The maximum atomic E-state index is 12.7. The van der Waals surface area contributed by atoms with E-state index in [0.29, 0.717) is 22.9 Å². The van der Waals surface area contributed by atoms with Crippen LogP contribution in [0.4, 0.5) is 0 Å². The van der Waals surface area contributed by atoms with Crippen LogP contribution in [0.2, 0.25) is 5.02 Å². The SMILES string of the molecule is CCOc1cc(/C=C2\C(=N)N3N=C(S(C)(=O)=O)SC3=NC2=O)cc(Cl)c1OC(=O)c1cccc(C)c1. The second kappa shape index (κ2) is 9.88. The number of thioether (sulfide) groups is 1. The number of nitrogens with zero attached hydrogens (tertiary/aromatic N) is 3. The average Bonchev–Trinajstić information content (AvgIpc) is 3.24. The molecule has 0 fully saturated rings. The molecular weight excluding hydrogens is 528 g/mol. The minimum Gasteiger partial charge on any atom is -0.490 e. The number of carbonyl (C=O) groups is 2. The highest BCUT2D eigenvalue weighted by Gasteiger charge is 2.38. The number of sulfone groups is 1. The first-order valence-electron chi connectivity index (χ1n) is 10.4. The van der Waals surface area contributed by atoms with Crippen molar-refractivity contribution in [2.45, 2.75) is 13.8 Å². The number of hydrazone groups is 1. The smallest absolute Gasteiger partial charge is 0.343 e. The van der Waals surface area contributed by atoms with Gasteiger partial charge in [-0.25, -0.2) is 13.2 Å². The molecule has 2 heterocycles. The number of carbonyl (C=O) groups excluding carboxylic acids is 2. The molecular formula is C23H19ClN4O6S2. The highest BCUT2D eigenvalue weighted by Crippen LogP contribution is 2.38. The lowest BCUT2D eigenvalue weighted by molar-refractivity contribution is -0.114. The van der Waals surface area contributed by atoms with Crippen molar-refractivity contribution in [2.75, 3.05) is 12.9 Å². The second-order valence-corrected chi connectivity index (χ2v) is 11.2. The molecule has 0 saturated carbocycles. The van der Waals surface area contributed by atoms with Crippen LogP contribution in [0.5, 0.6) is 11.5 Å². The van der Waals surface area contributed by atoms with Crippen molar-refractivity contribution in [1.82, 2.24) is 5.01 Å². The number of aliphatic imine (C=N–C) groups is 1. The monoisotopic (exact) mass is 546 g/mol. The zero-order chi connectivity index (χ0) is 26.2. The van der Waals surface area contributed by atoms with Crippen molar-refractivity contribution in [1.29, 1.82) is 5.41 Å². The molecule has 0 aliphatic carbocycles. The quantitative estimate of drug-likeness (QED) is 0.338. The molecule has 0 aromatic heterocycles. The molecule has 2 aromatic carbocycles. The first-order chi connectivity index (χ1) is 17.0. The number of fused-ring (bicyclic) bond motifs is 1. The fourth-order valence-electron chi connectivity index (χ4n) is 3.25. The first-order valence-corrected chi connectivity index (χ1v) is 13.5. The summed E-state index contributed by atoms with van der Waals surface area (Å²) in [4.78, 5) is 29.2. The summed E-state index contributed by atoms with van der Waals surface area (Å²) in [7, 11) is -3.65. The third-order valence-corrected chi connectivity index (χ3v) is 7.70.